The van der Waals surface area contributed by atoms with Crippen LogP contribution in [0, 0.1) is 11.8 Å². The molecule has 0 aliphatic carbocycles. The molecular formula is C12H18O2. The predicted octanol–water partition coefficient (Wildman–Crippen LogP) is 2.69. The fraction of sp³-hybridized carbons (Fsp3) is 0.583. The molecular weight excluding hydrogens is 176 g/mol. The first kappa shape index (κ1) is 12.8. The first-order valence-corrected chi connectivity index (χ1v) is 5.10. The predicted molar refractivity (Wildman–Crippen MR) is 57.7 cm³/mol. The highest BCUT2D eigenvalue weighted by Gasteiger charge is 1.90. The van der Waals surface area contributed by atoms with Crippen LogP contribution in [0.15, 0.2) is 12.2 Å². The Morgan fingerprint density at radius 3 is 2.79 bits per heavy atom. The van der Waals surface area contributed by atoms with E-state index in [0.29, 0.717) is 13.0 Å². The molecule has 0 fully saturated rings. The van der Waals surface area contributed by atoms with Crippen LogP contribution < -0.4 is 0 Å². The van der Waals surface area contributed by atoms with Crippen molar-refractivity contribution in [1.29, 1.82) is 0 Å². The zero-order valence-electron chi connectivity index (χ0n) is 9.01. The summed E-state index contributed by atoms with van der Waals surface area (Å²) in [7, 11) is 0. The molecule has 0 spiro atoms. The average Bonchev–Trinajstić information content (AvgIpc) is 2.17. The molecule has 14 heavy (non-hydrogen) atoms. The van der Waals surface area contributed by atoms with Gasteiger partial charge in [-0.05, 0) is 13.3 Å². The second kappa shape index (κ2) is 9.85. The first-order valence-electron chi connectivity index (χ1n) is 5.10. The molecule has 0 aromatic carbocycles. The van der Waals surface area contributed by atoms with E-state index >= 15 is 0 Å². The molecule has 0 aromatic heterocycles. The summed E-state index contributed by atoms with van der Waals surface area (Å²) >= 11 is 0. The van der Waals surface area contributed by atoms with E-state index in [1.54, 1.807) is 13.0 Å². The zero-order chi connectivity index (χ0) is 10.6. The fourth-order valence-corrected chi connectivity index (χ4v) is 0.830. The molecule has 0 bridgehead atoms. The Hall–Kier alpha value is -1.23. The lowest BCUT2D eigenvalue weighted by molar-refractivity contribution is -0.137. The van der Waals surface area contributed by atoms with Crippen molar-refractivity contribution in [2.45, 2.75) is 39.5 Å². The third kappa shape index (κ3) is 8.86. The van der Waals surface area contributed by atoms with Gasteiger partial charge in [0.15, 0.2) is 0 Å². The third-order valence-electron chi connectivity index (χ3n) is 1.54. The van der Waals surface area contributed by atoms with E-state index in [-0.39, 0.29) is 5.97 Å². The number of esters is 1. The minimum atomic E-state index is -0.289. The number of carbonyl (C=O) groups excluding carboxylic acids is 1. The van der Waals surface area contributed by atoms with Crippen molar-refractivity contribution in [3.8, 4) is 11.8 Å². The molecule has 78 valence electrons. The van der Waals surface area contributed by atoms with Gasteiger partial charge < -0.3 is 4.74 Å². The van der Waals surface area contributed by atoms with Gasteiger partial charge in [0, 0.05) is 18.9 Å². The van der Waals surface area contributed by atoms with Crippen molar-refractivity contribution in [2.24, 2.45) is 0 Å². The van der Waals surface area contributed by atoms with Crippen molar-refractivity contribution in [2.75, 3.05) is 6.61 Å². The standard InChI is InChI=1S/C12H18O2/c1-3-5-6-7-8-9-10-11-12(13)14-4-2/h10-11H,3-6,9H2,1-2H3/b11-10+. The second-order valence-corrected chi connectivity index (χ2v) is 2.82. The largest absolute Gasteiger partial charge is 0.463 e. The minimum absolute atomic E-state index is 0.289. The second-order valence-electron chi connectivity index (χ2n) is 2.82. The van der Waals surface area contributed by atoms with E-state index in [9.17, 15) is 4.79 Å². The van der Waals surface area contributed by atoms with Gasteiger partial charge in [0.1, 0.15) is 0 Å². The van der Waals surface area contributed by atoms with Gasteiger partial charge in [0.2, 0.25) is 0 Å². The molecule has 0 aliphatic rings. The zero-order valence-corrected chi connectivity index (χ0v) is 9.01. The smallest absolute Gasteiger partial charge is 0.330 e. The molecule has 0 amide bonds. The first-order chi connectivity index (χ1) is 6.81. The molecule has 0 atom stereocenters. The Labute approximate surface area is 86.3 Å². The Kier molecular flexibility index (Phi) is 8.99. The number of hydrogen-bond donors (Lipinski definition) is 0. The number of carbonyl (C=O) groups is 1. The van der Waals surface area contributed by atoms with Gasteiger partial charge in [-0.15, -0.1) is 5.92 Å². The monoisotopic (exact) mass is 194 g/mol. The normalized spacial score (nSPS) is 9.57. The van der Waals surface area contributed by atoms with Gasteiger partial charge in [-0.2, -0.15) is 0 Å². The Balaban J connectivity index is 3.50. The van der Waals surface area contributed by atoms with Gasteiger partial charge >= 0.3 is 5.97 Å². The molecule has 0 heterocycles. The van der Waals surface area contributed by atoms with E-state index < -0.39 is 0 Å². The van der Waals surface area contributed by atoms with Crippen LogP contribution in [-0.2, 0) is 9.53 Å². The summed E-state index contributed by atoms with van der Waals surface area (Å²) < 4.78 is 4.71. The van der Waals surface area contributed by atoms with E-state index in [1.165, 1.54) is 12.5 Å². The number of ether oxygens (including phenoxy) is 1. The Morgan fingerprint density at radius 2 is 2.14 bits per heavy atom. The Morgan fingerprint density at radius 1 is 1.36 bits per heavy atom. The van der Waals surface area contributed by atoms with Crippen LogP contribution in [0.1, 0.15) is 39.5 Å². The highest BCUT2D eigenvalue weighted by molar-refractivity contribution is 5.81. The summed E-state index contributed by atoms with van der Waals surface area (Å²) in [5, 5.41) is 0. The molecule has 0 saturated carbocycles. The van der Waals surface area contributed by atoms with Crippen LogP contribution in [0.3, 0.4) is 0 Å². The van der Waals surface area contributed by atoms with E-state index in [4.69, 9.17) is 4.74 Å². The summed E-state index contributed by atoms with van der Waals surface area (Å²) in [6.45, 7) is 4.35. The molecule has 2 nitrogen and oxygen atoms in total. The lowest BCUT2D eigenvalue weighted by atomic mass is 10.2. The van der Waals surface area contributed by atoms with Crippen LogP contribution in [0.25, 0.3) is 0 Å². The summed E-state index contributed by atoms with van der Waals surface area (Å²) in [5.41, 5.74) is 0. The number of rotatable bonds is 5. The summed E-state index contributed by atoms with van der Waals surface area (Å²) in [4.78, 5) is 10.8. The molecule has 0 radical (unpaired) electrons. The summed E-state index contributed by atoms with van der Waals surface area (Å²) in [5.74, 6) is 5.72. The maximum Gasteiger partial charge on any atom is 0.330 e. The van der Waals surface area contributed by atoms with Crippen LogP contribution in [0.5, 0.6) is 0 Å². The van der Waals surface area contributed by atoms with Crippen LogP contribution in [0.2, 0.25) is 0 Å². The molecule has 0 aromatic rings. The maximum atomic E-state index is 10.8. The SMILES string of the molecule is CCCCC#CC/C=C/C(=O)OCC. The average molecular weight is 194 g/mol. The maximum absolute atomic E-state index is 10.8. The van der Waals surface area contributed by atoms with Crippen molar-refractivity contribution >= 4 is 5.97 Å². The van der Waals surface area contributed by atoms with E-state index in [0.717, 1.165) is 12.8 Å². The van der Waals surface area contributed by atoms with Crippen LogP contribution >= 0.6 is 0 Å². The quantitative estimate of drug-likeness (QED) is 0.291. The number of unbranched alkanes of at least 4 members (excludes halogenated alkanes) is 2. The lowest BCUT2D eigenvalue weighted by Crippen LogP contribution is -1.98. The molecule has 0 saturated heterocycles. The molecule has 0 unspecified atom stereocenters. The number of allylic oxidation sites excluding steroid dienone is 1. The molecule has 0 aliphatic heterocycles. The van der Waals surface area contributed by atoms with E-state index in [2.05, 4.69) is 18.8 Å². The fourth-order valence-electron chi connectivity index (χ4n) is 0.830. The summed E-state index contributed by atoms with van der Waals surface area (Å²) in [6, 6.07) is 0. The van der Waals surface area contributed by atoms with Crippen molar-refractivity contribution in [1.82, 2.24) is 0 Å². The Bertz CT molecular complexity index is 230. The highest BCUT2D eigenvalue weighted by Crippen LogP contribution is 1.91. The van der Waals surface area contributed by atoms with Crippen molar-refractivity contribution < 1.29 is 9.53 Å². The lowest BCUT2D eigenvalue weighted by Gasteiger charge is -1.92. The van der Waals surface area contributed by atoms with Gasteiger partial charge in [0.25, 0.3) is 0 Å². The molecule has 0 N–H and O–H groups in total. The summed E-state index contributed by atoms with van der Waals surface area (Å²) in [6.07, 6.45) is 7.06. The van der Waals surface area contributed by atoms with Gasteiger partial charge in [-0.3, -0.25) is 0 Å². The molecule has 2 heteroatoms. The van der Waals surface area contributed by atoms with Crippen molar-refractivity contribution in [3.05, 3.63) is 12.2 Å². The van der Waals surface area contributed by atoms with Gasteiger partial charge in [0.05, 0.1) is 6.61 Å². The highest BCUT2D eigenvalue weighted by atomic mass is 16.5. The van der Waals surface area contributed by atoms with Crippen LogP contribution in [0.4, 0.5) is 0 Å². The minimum Gasteiger partial charge on any atom is -0.463 e. The molecule has 0 rings (SSSR count). The van der Waals surface area contributed by atoms with E-state index in [1.807, 2.05) is 0 Å². The van der Waals surface area contributed by atoms with Crippen molar-refractivity contribution in [3.63, 3.8) is 0 Å². The van der Waals surface area contributed by atoms with Gasteiger partial charge in [-0.25, -0.2) is 4.79 Å². The third-order valence-corrected chi connectivity index (χ3v) is 1.54. The topological polar surface area (TPSA) is 26.3 Å². The van der Waals surface area contributed by atoms with Crippen LogP contribution in [-0.4, -0.2) is 12.6 Å². The number of hydrogen-bond acceptors (Lipinski definition) is 2. The van der Waals surface area contributed by atoms with Gasteiger partial charge in [-0.1, -0.05) is 25.3 Å².